The molecule has 1 nitrogen and oxygen atoms in total. The van der Waals surface area contributed by atoms with Crippen molar-refractivity contribution in [1.82, 2.24) is 0 Å². The van der Waals surface area contributed by atoms with Crippen LogP contribution in [0.4, 0.5) is 0 Å². The van der Waals surface area contributed by atoms with Crippen LogP contribution in [0, 0.1) is 6.92 Å². The van der Waals surface area contributed by atoms with Gasteiger partial charge in [-0.15, -0.1) is 11.8 Å². The summed E-state index contributed by atoms with van der Waals surface area (Å²) in [5.41, 5.74) is 8.41. The predicted octanol–water partition coefficient (Wildman–Crippen LogP) is 3.49. The Balaban J connectivity index is 2.14. The van der Waals surface area contributed by atoms with Gasteiger partial charge in [0.25, 0.3) is 0 Å². The van der Waals surface area contributed by atoms with Crippen LogP contribution in [-0.2, 0) is 6.54 Å². The van der Waals surface area contributed by atoms with E-state index in [0.29, 0.717) is 6.54 Å². The van der Waals surface area contributed by atoms with Crippen molar-refractivity contribution >= 4 is 11.8 Å². The van der Waals surface area contributed by atoms with Crippen LogP contribution in [0.5, 0.6) is 0 Å². The van der Waals surface area contributed by atoms with Gasteiger partial charge in [-0.2, -0.15) is 0 Å². The SMILES string of the molecule is Cc1ccc(CN)c(SC2CCCC2)c1. The van der Waals surface area contributed by atoms with Crippen molar-refractivity contribution in [2.24, 2.45) is 5.73 Å². The van der Waals surface area contributed by atoms with Crippen molar-refractivity contribution in [1.29, 1.82) is 0 Å². The largest absolute Gasteiger partial charge is 0.326 e. The number of hydrogen-bond acceptors (Lipinski definition) is 2. The molecule has 0 heterocycles. The second-order valence-electron chi connectivity index (χ2n) is 4.34. The minimum atomic E-state index is 0.662. The Morgan fingerprint density at radius 2 is 2.07 bits per heavy atom. The number of rotatable bonds is 3. The molecule has 0 atom stereocenters. The van der Waals surface area contributed by atoms with Gasteiger partial charge in [0, 0.05) is 16.7 Å². The fourth-order valence-electron chi connectivity index (χ4n) is 2.13. The molecule has 1 fully saturated rings. The Kier molecular flexibility index (Phi) is 3.71. The normalized spacial score (nSPS) is 17.2. The molecule has 0 saturated heterocycles. The van der Waals surface area contributed by atoms with Crippen LogP contribution in [0.15, 0.2) is 23.1 Å². The molecule has 2 N–H and O–H groups in total. The molecular weight excluding hydrogens is 202 g/mol. The Morgan fingerprint density at radius 1 is 1.33 bits per heavy atom. The number of thioether (sulfide) groups is 1. The van der Waals surface area contributed by atoms with Gasteiger partial charge in [0.15, 0.2) is 0 Å². The minimum absolute atomic E-state index is 0.662. The summed E-state index contributed by atoms with van der Waals surface area (Å²) in [5.74, 6) is 0. The summed E-state index contributed by atoms with van der Waals surface area (Å²) >= 11 is 2.04. The average Bonchev–Trinajstić information content (AvgIpc) is 2.71. The Labute approximate surface area is 96.4 Å². The van der Waals surface area contributed by atoms with Gasteiger partial charge in [-0.05, 0) is 37.0 Å². The van der Waals surface area contributed by atoms with Crippen LogP contribution < -0.4 is 5.73 Å². The highest BCUT2D eigenvalue weighted by atomic mass is 32.2. The van der Waals surface area contributed by atoms with Gasteiger partial charge in [0.2, 0.25) is 0 Å². The maximum atomic E-state index is 5.76. The van der Waals surface area contributed by atoms with Crippen LogP contribution in [0.2, 0.25) is 0 Å². The van der Waals surface area contributed by atoms with Crippen molar-refractivity contribution in [2.45, 2.75) is 49.3 Å². The molecule has 0 aliphatic heterocycles. The van der Waals surface area contributed by atoms with Crippen molar-refractivity contribution in [3.63, 3.8) is 0 Å². The molecular formula is C13H19NS. The number of hydrogen-bond donors (Lipinski definition) is 1. The molecule has 2 rings (SSSR count). The zero-order valence-electron chi connectivity index (χ0n) is 9.33. The molecule has 0 spiro atoms. The molecule has 2 heteroatoms. The molecule has 15 heavy (non-hydrogen) atoms. The maximum absolute atomic E-state index is 5.76. The fraction of sp³-hybridized carbons (Fsp3) is 0.538. The van der Waals surface area contributed by atoms with E-state index in [1.54, 1.807) is 0 Å². The first-order valence-electron chi connectivity index (χ1n) is 5.76. The summed E-state index contributed by atoms with van der Waals surface area (Å²) in [6.45, 7) is 2.81. The highest BCUT2D eigenvalue weighted by molar-refractivity contribution is 8.00. The first-order chi connectivity index (χ1) is 7.29. The summed E-state index contributed by atoms with van der Waals surface area (Å²) in [6, 6.07) is 6.61. The summed E-state index contributed by atoms with van der Waals surface area (Å²) in [6.07, 6.45) is 5.56. The fourth-order valence-corrected chi connectivity index (χ4v) is 3.61. The van der Waals surface area contributed by atoms with Crippen LogP contribution in [-0.4, -0.2) is 5.25 Å². The summed E-state index contributed by atoms with van der Waals surface area (Å²) in [7, 11) is 0. The van der Waals surface area contributed by atoms with E-state index >= 15 is 0 Å². The number of nitrogens with two attached hydrogens (primary N) is 1. The predicted molar refractivity (Wildman–Crippen MR) is 67.2 cm³/mol. The van der Waals surface area contributed by atoms with Crippen molar-refractivity contribution in [2.75, 3.05) is 0 Å². The van der Waals surface area contributed by atoms with E-state index in [1.165, 1.54) is 41.7 Å². The summed E-state index contributed by atoms with van der Waals surface area (Å²) in [4.78, 5) is 1.41. The molecule has 1 aromatic rings. The smallest absolute Gasteiger partial charge is 0.0189 e. The molecule has 1 aliphatic carbocycles. The molecule has 0 radical (unpaired) electrons. The molecule has 1 aliphatic rings. The van der Waals surface area contributed by atoms with Crippen molar-refractivity contribution < 1.29 is 0 Å². The van der Waals surface area contributed by atoms with Crippen molar-refractivity contribution in [3.8, 4) is 0 Å². The first-order valence-corrected chi connectivity index (χ1v) is 6.64. The van der Waals surface area contributed by atoms with Gasteiger partial charge < -0.3 is 5.73 Å². The Hall–Kier alpha value is -0.470. The van der Waals surface area contributed by atoms with Crippen LogP contribution >= 0.6 is 11.8 Å². The third-order valence-electron chi connectivity index (χ3n) is 3.04. The van der Waals surface area contributed by atoms with E-state index in [9.17, 15) is 0 Å². The van der Waals surface area contributed by atoms with Crippen LogP contribution in [0.1, 0.15) is 36.8 Å². The third kappa shape index (κ3) is 2.76. The highest BCUT2D eigenvalue weighted by Gasteiger charge is 2.17. The molecule has 0 unspecified atom stereocenters. The summed E-state index contributed by atoms with van der Waals surface area (Å²) in [5, 5.41) is 0.831. The second kappa shape index (κ2) is 5.04. The third-order valence-corrected chi connectivity index (χ3v) is 4.48. The van der Waals surface area contributed by atoms with Gasteiger partial charge in [-0.25, -0.2) is 0 Å². The standard InChI is InChI=1S/C13H19NS/c1-10-6-7-11(9-14)13(8-10)15-12-4-2-3-5-12/h6-8,12H,2-5,9,14H2,1H3. The topological polar surface area (TPSA) is 26.0 Å². The highest BCUT2D eigenvalue weighted by Crippen LogP contribution is 2.36. The van der Waals surface area contributed by atoms with E-state index in [1.807, 2.05) is 11.8 Å². The number of aryl methyl sites for hydroxylation is 1. The molecule has 0 bridgehead atoms. The molecule has 82 valence electrons. The molecule has 0 aromatic heterocycles. The lowest BCUT2D eigenvalue weighted by Gasteiger charge is -2.13. The zero-order valence-corrected chi connectivity index (χ0v) is 10.1. The van der Waals surface area contributed by atoms with E-state index in [2.05, 4.69) is 25.1 Å². The monoisotopic (exact) mass is 221 g/mol. The quantitative estimate of drug-likeness (QED) is 0.845. The van der Waals surface area contributed by atoms with Gasteiger partial charge in [-0.3, -0.25) is 0 Å². The minimum Gasteiger partial charge on any atom is -0.326 e. The molecule has 1 aromatic carbocycles. The van der Waals surface area contributed by atoms with Gasteiger partial charge in [0.05, 0.1) is 0 Å². The molecule has 1 saturated carbocycles. The van der Waals surface area contributed by atoms with Gasteiger partial charge in [0.1, 0.15) is 0 Å². The van der Waals surface area contributed by atoms with Crippen LogP contribution in [0.3, 0.4) is 0 Å². The van der Waals surface area contributed by atoms with Gasteiger partial charge in [-0.1, -0.05) is 25.0 Å². The van der Waals surface area contributed by atoms with E-state index < -0.39 is 0 Å². The average molecular weight is 221 g/mol. The first kappa shape index (κ1) is 11.0. The van der Waals surface area contributed by atoms with Crippen LogP contribution in [0.25, 0.3) is 0 Å². The van der Waals surface area contributed by atoms with E-state index in [0.717, 1.165) is 5.25 Å². The maximum Gasteiger partial charge on any atom is 0.0189 e. The molecule has 0 amide bonds. The van der Waals surface area contributed by atoms with E-state index in [-0.39, 0.29) is 0 Å². The zero-order chi connectivity index (χ0) is 10.7. The Morgan fingerprint density at radius 3 is 2.73 bits per heavy atom. The lowest BCUT2D eigenvalue weighted by molar-refractivity contribution is 0.886. The van der Waals surface area contributed by atoms with Gasteiger partial charge >= 0.3 is 0 Å². The number of benzene rings is 1. The summed E-state index contributed by atoms with van der Waals surface area (Å²) < 4.78 is 0. The van der Waals surface area contributed by atoms with Crippen molar-refractivity contribution in [3.05, 3.63) is 29.3 Å². The lowest BCUT2D eigenvalue weighted by atomic mass is 10.1. The lowest BCUT2D eigenvalue weighted by Crippen LogP contribution is -2.01. The van der Waals surface area contributed by atoms with E-state index in [4.69, 9.17) is 5.73 Å². The second-order valence-corrected chi connectivity index (χ2v) is 5.68. The Bertz CT molecular complexity index is 329.